The molecule has 2 heterocycles. The second kappa shape index (κ2) is 3.73. The highest BCUT2D eigenvalue weighted by molar-refractivity contribution is 5.52. The molecule has 2 aromatic heterocycles. The first-order valence-corrected chi connectivity index (χ1v) is 4.94. The van der Waals surface area contributed by atoms with Gasteiger partial charge in [-0.1, -0.05) is 6.07 Å². The maximum Gasteiger partial charge on any atom is 0.158 e. The van der Waals surface area contributed by atoms with Crippen LogP contribution in [-0.2, 0) is 0 Å². The molecular formula is C11H14N4. The van der Waals surface area contributed by atoms with Crippen molar-refractivity contribution in [2.75, 3.05) is 5.73 Å². The Morgan fingerprint density at radius 2 is 2.13 bits per heavy atom. The topological polar surface area (TPSA) is 56.7 Å². The molecule has 0 saturated carbocycles. The van der Waals surface area contributed by atoms with E-state index in [2.05, 4.69) is 28.4 Å². The number of nitrogens with zero attached hydrogens (tertiary/aromatic N) is 3. The Balaban J connectivity index is 2.49. The molecule has 0 radical (unpaired) electrons. The van der Waals surface area contributed by atoms with Crippen LogP contribution in [0, 0.1) is 0 Å². The highest BCUT2D eigenvalue weighted by Crippen LogP contribution is 2.19. The van der Waals surface area contributed by atoms with Crippen molar-refractivity contribution in [3.63, 3.8) is 0 Å². The molecule has 78 valence electrons. The Hall–Kier alpha value is -1.84. The van der Waals surface area contributed by atoms with E-state index in [1.165, 1.54) is 0 Å². The van der Waals surface area contributed by atoms with E-state index in [1.807, 2.05) is 18.3 Å². The maximum atomic E-state index is 5.64. The van der Waals surface area contributed by atoms with Gasteiger partial charge in [-0.15, -0.1) is 0 Å². The zero-order valence-corrected chi connectivity index (χ0v) is 8.88. The van der Waals surface area contributed by atoms with Crippen molar-refractivity contribution in [1.29, 1.82) is 0 Å². The smallest absolute Gasteiger partial charge is 0.158 e. The van der Waals surface area contributed by atoms with Crippen molar-refractivity contribution in [3.05, 3.63) is 30.6 Å². The second-order valence-corrected chi connectivity index (χ2v) is 3.70. The zero-order chi connectivity index (χ0) is 10.8. The largest absolute Gasteiger partial charge is 0.384 e. The third kappa shape index (κ3) is 1.83. The van der Waals surface area contributed by atoms with Gasteiger partial charge in [-0.05, 0) is 26.0 Å². The van der Waals surface area contributed by atoms with Crippen molar-refractivity contribution in [2.24, 2.45) is 0 Å². The van der Waals surface area contributed by atoms with Crippen LogP contribution < -0.4 is 5.73 Å². The molecule has 4 heteroatoms. The van der Waals surface area contributed by atoms with Gasteiger partial charge in [-0.2, -0.15) is 0 Å². The standard InChI is InChI=1S/C11H14N4/c1-8(2)15-7-6-13-11(15)9-4-3-5-10(12)14-9/h3-8H,1-2H3,(H2,12,14). The molecule has 0 aliphatic carbocycles. The maximum absolute atomic E-state index is 5.64. The number of imidazole rings is 1. The van der Waals surface area contributed by atoms with Gasteiger partial charge in [0.25, 0.3) is 0 Å². The fraction of sp³-hybridized carbons (Fsp3) is 0.273. The fourth-order valence-corrected chi connectivity index (χ4v) is 1.50. The van der Waals surface area contributed by atoms with E-state index < -0.39 is 0 Å². The highest BCUT2D eigenvalue weighted by Gasteiger charge is 2.09. The molecule has 15 heavy (non-hydrogen) atoms. The Labute approximate surface area is 88.8 Å². The molecule has 0 fully saturated rings. The summed E-state index contributed by atoms with van der Waals surface area (Å²) in [5.41, 5.74) is 6.46. The number of nitrogens with two attached hydrogens (primary N) is 1. The Morgan fingerprint density at radius 3 is 2.80 bits per heavy atom. The van der Waals surface area contributed by atoms with E-state index in [9.17, 15) is 0 Å². The van der Waals surface area contributed by atoms with Crippen LogP contribution in [0.2, 0.25) is 0 Å². The van der Waals surface area contributed by atoms with Crippen LogP contribution in [-0.4, -0.2) is 14.5 Å². The van der Waals surface area contributed by atoms with Crippen molar-refractivity contribution in [3.8, 4) is 11.5 Å². The fourth-order valence-electron chi connectivity index (χ4n) is 1.50. The first-order chi connectivity index (χ1) is 7.18. The van der Waals surface area contributed by atoms with Gasteiger partial charge in [0, 0.05) is 18.4 Å². The van der Waals surface area contributed by atoms with Crippen molar-refractivity contribution < 1.29 is 0 Å². The predicted molar refractivity (Wildman–Crippen MR) is 60.3 cm³/mol. The van der Waals surface area contributed by atoms with Gasteiger partial charge in [0.2, 0.25) is 0 Å². The van der Waals surface area contributed by atoms with Crippen LogP contribution in [0.4, 0.5) is 5.82 Å². The molecule has 0 aromatic carbocycles. The number of hydrogen-bond donors (Lipinski definition) is 1. The quantitative estimate of drug-likeness (QED) is 0.811. The van der Waals surface area contributed by atoms with Crippen LogP contribution in [0.3, 0.4) is 0 Å². The van der Waals surface area contributed by atoms with Gasteiger partial charge < -0.3 is 10.3 Å². The van der Waals surface area contributed by atoms with E-state index >= 15 is 0 Å². The van der Waals surface area contributed by atoms with Gasteiger partial charge in [0.1, 0.15) is 11.5 Å². The van der Waals surface area contributed by atoms with Crippen molar-refractivity contribution in [2.45, 2.75) is 19.9 Å². The normalized spacial score (nSPS) is 10.9. The average molecular weight is 202 g/mol. The Kier molecular flexibility index (Phi) is 2.41. The molecule has 0 unspecified atom stereocenters. The molecular weight excluding hydrogens is 188 g/mol. The number of aromatic nitrogens is 3. The SMILES string of the molecule is CC(C)n1ccnc1-c1cccc(N)n1. The lowest BCUT2D eigenvalue weighted by atomic mass is 10.3. The molecule has 0 saturated heterocycles. The van der Waals surface area contributed by atoms with Crippen LogP contribution in [0.15, 0.2) is 30.6 Å². The molecule has 4 nitrogen and oxygen atoms in total. The minimum absolute atomic E-state index is 0.366. The average Bonchev–Trinajstić information content (AvgIpc) is 2.65. The highest BCUT2D eigenvalue weighted by atomic mass is 15.1. The lowest BCUT2D eigenvalue weighted by Crippen LogP contribution is -2.03. The summed E-state index contributed by atoms with van der Waals surface area (Å²) in [6.45, 7) is 4.22. The molecule has 0 aliphatic rings. The van der Waals surface area contributed by atoms with Crippen LogP contribution in [0.1, 0.15) is 19.9 Å². The molecule has 2 aromatic rings. The molecule has 0 spiro atoms. The Morgan fingerprint density at radius 1 is 1.33 bits per heavy atom. The van der Waals surface area contributed by atoms with Crippen molar-refractivity contribution in [1.82, 2.24) is 14.5 Å². The Bertz CT molecular complexity index is 459. The minimum Gasteiger partial charge on any atom is -0.384 e. The van der Waals surface area contributed by atoms with Gasteiger partial charge in [0.15, 0.2) is 5.82 Å². The van der Waals surface area contributed by atoms with Crippen LogP contribution >= 0.6 is 0 Å². The van der Waals surface area contributed by atoms with Gasteiger partial charge in [-0.25, -0.2) is 9.97 Å². The molecule has 0 aliphatic heterocycles. The van der Waals surface area contributed by atoms with Crippen LogP contribution in [0.5, 0.6) is 0 Å². The van der Waals surface area contributed by atoms with Gasteiger partial charge in [0.05, 0.1) is 0 Å². The second-order valence-electron chi connectivity index (χ2n) is 3.70. The summed E-state index contributed by atoms with van der Waals surface area (Å²) in [4.78, 5) is 8.55. The minimum atomic E-state index is 0.366. The summed E-state index contributed by atoms with van der Waals surface area (Å²) in [5, 5.41) is 0. The summed E-state index contributed by atoms with van der Waals surface area (Å²) in [6, 6.07) is 5.94. The molecule has 2 rings (SSSR count). The summed E-state index contributed by atoms with van der Waals surface area (Å²) in [7, 11) is 0. The zero-order valence-electron chi connectivity index (χ0n) is 8.88. The lowest BCUT2D eigenvalue weighted by molar-refractivity contribution is 0.605. The van der Waals surface area contributed by atoms with E-state index in [1.54, 1.807) is 12.3 Å². The van der Waals surface area contributed by atoms with Gasteiger partial charge >= 0.3 is 0 Å². The number of anilines is 1. The van der Waals surface area contributed by atoms with Crippen molar-refractivity contribution >= 4 is 5.82 Å². The third-order valence-corrected chi connectivity index (χ3v) is 2.22. The van der Waals surface area contributed by atoms with Gasteiger partial charge in [-0.3, -0.25) is 0 Å². The van der Waals surface area contributed by atoms with E-state index in [-0.39, 0.29) is 0 Å². The van der Waals surface area contributed by atoms with E-state index in [0.29, 0.717) is 11.9 Å². The summed E-state index contributed by atoms with van der Waals surface area (Å²) in [6.07, 6.45) is 3.73. The number of pyridine rings is 1. The molecule has 0 amide bonds. The molecule has 0 atom stereocenters. The van der Waals surface area contributed by atoms with Crippen LogP contribution in [0.25, 0.3) is 11.5 Å². The summed E-state index contributed by atoms with van der Waals surface area (Å²) >= 11 is 0. The third-order valence-electron chi connectivity index (χ3n) is 2.22. The van der Waals surface area contributed by atoms with E-state index in [0.717, 1.165) is 11.5 Å². The number of rotatable bonds is 2. The summed E-state index contributed by atoms with van der Waals surface area (Å²) < 4.78 is 2.07. The lowest BCUT2D eigenvalue weighted by Gasteiger charge is -2.10. The summed E-state index contributed by atoms with van der Waals surface area (Å²) in [5.74, 6) is 1.38. The number of nitrogen functional groups attached to an aromatic ring is 1. The monoisotopic (exact) mass is 202 g/mol. The number of hydrogen-bond acceptors (Lipinski definition) is 3. The molecule has 0 bridgehead atoms. The predicted octanol–water partition coefficient (Wildman–Crippen LogP) is 2.11. The molecule has 2 N–H and O–H groups in total. The van der Waals surface area contributed by atoms with E-state index in [4.69, 9.17) is 5.73 Å². The first-order valence-electron chi connectivity index (χ1n) is 4.94. The first kappa shape index (κ1) is 9.71.